The molecule has 1 aromatic heterocycles. The number of Topliss-reactive ketones (excluding diaryl/α,β-unsaturated/α-hetero) is 3. The summed E-state index contributed by atoms with van der Waals surface area (Å²) in [5.74, 6) is 2.41. The van der Waals surface area contributed by atoms with Gasteiger partial charge in [0.05, 0.1) is 24.8 Å². The van der Waals surface area contributed by atoms with Crippen molar-refractivity contribution in [3.63, 3.8) is 0 Å². The average molecular weight is 989 g/mol. The zero-order valence-electron chi connectivity index (χ0n) is 44.1. The molecule has 2 aliphatic carbocycles. The fraction of sp³-hybridized carbons (Fsp3) is 0.483. The molecule has 384 valence electrons. The predicted octanol–water partition coefficient (Wildman–Crippen LogP) is 10.3. The van der Waals surface area contributed by atoms with E-state index in [4.69, 9.17) is 19.2 Å². The van der Waals surface area contributed by atoms with E-state index < -0.39 is 12.0 Å². The first kappa shape index (κ1) is 51.4. The molecule has 2 saturated heterocycles. The van der Waals surface area contributed by atoms with Crippen molar-refractivity contribution in [2.24, 2.45) is 16.8 Å². The van der Waals surface area contributed by atoms with E-state index in [-0.39, 0.29) is 54.1 Å². The Kier molecular flexibility index (Phi) is 15.7. The lowest BCUT2D eigenvalue weighted by Gasteiger charge is -2.34. The minimum absolute atomic E-state index is 0.00379. The number of hydrogen-bond donors (Lipinski definition) is 1. The molecule has 0 radical (unpaired) electrons. The quantitative estimate of drug-likeness (QED) is 0.102. The van der Waals surface area contributed by atoms with Gasteiger partial charge in [-0.1, -0.05) is 61.4 Å². The molecule has 13 heteroatoms. The Bertz CT molecular complexity index is 2920. The molecule has 73 heavy (non-hydrogen) atoms. The van der Waals surface area contributed by atoms with Gasteiger partial charge < -0.3 is 24.4 Å². The van der Waals surface area contributed by atoms with Gasteiger partial charge in [0.25, 0.3) is 0 Å². The van der Waals surface area contributed by atoms with Crippen molar-refractivity contribution in [3.8, 4) is 5.75 Å². The lowest BCUT2D eigenvalue weighted by Crippen LogP contribution is -2.41. The third-order valence-electron chi connectivity index (χ3n) is 16.0. The number of carbonyl (C=O) groups is 4. The molecular weight excluding hydrogens is 917 g/mol. The summed E-state index contributed by atoms with van der Waals surface area (Å²) in [4.78, 5) is 60.3. The minimum Gasteiger partial charge on any atom is -0.496 e. The van der Waals surface area contributed by atoms with Gasteiger partial charge in [-0.05, 0) is 138 Å². The van der Waals surface area contributed by atoms with E-state index in [2.05, 4.69) is 101 Å². The van der Waals surface area contributed by atoms with Crippen LogP contribution in [0.15, 0.2) is 82.1 Å². The Morgan fingerprint density at radius 1 is 0.918 bits per heavy atom. The van der Waals surface area contributed by atoms with Crippen LogP contribution in [-0.4, -0.2) is 89.8 Å². The highest BCUT2D eigenvalue weighted by atomic mass is 16.5. The van der Waals surface area contributed by atoms with Crippen LogP contribution in [0.2, 0.25) is 0 Å². The SMILES string of the molecule is CCC(=O)COC1=Cc2cc(Cc3cc(N4CCC(C(=O)NCCC5CCOC(CCC(=O)CC6N=C(c7ccc(C)cc7)C7=C(CC(C)=C7C)n7c(C)nnc76)C5)CC4)ccc3C)cc(OC)c2C(C)C1=O. The number of methoxy groups -OCH3 is 1. The smallest absolute Gasteiger partial charge is 0.223 e. The number of nitrogens with one attached hydrogen (secondary N) is 1. The molecule has 0 bridgehead atoms. The van der Waals surface area contributed by atoms with Gasteiger partial charge >= 0.3 is 0 Å². The van der Waals surface area contributed by atoms with Crippen molar-refractivity contribution >= 4 is 46.4 Å². The number of carbonyl (C=O) groups excluding carboxylic acids is 4. The number of aliphatic imine (C=N–C) groups is 1. The Labute approximate surface area is 430 Å². The van der Waals surface area contributed by atoms with Gasteiger partial charge in [-0.15, -0.1) is 10.2 Å². The first-order valence-electron chi connectivity index (χ1n) is 26.5. The normalized spacial score (nSPS) is 21.0. The second-order valence-corrected chi connectivity index (χ2v) is 21.1. The maximum atomic E-state index is 13.8. The number of benzene rings is 3. The summed E-state index contributed by atoms with van der Waals surface area (Å²) in [5.41, 5.74) is 14.2. The van der Waals surface area contributed by atoms with E-state index in [0.717, 1.165) is 108 Å². The highest BCUT2D eigenvalue weighted by molar-refractivity contribution is 6.19. The van der Waals surface area contributed by atoms with Gasteiger partial charge in [0.15, 0.2) is 17.4 Å². The number of ether oxygens (including phenoxy) is 3. The van der Waals surface area contributed by atoms with Crippen LogP contribution in [0.3, 0.4) is 0 Å². The second-order valence-electron chi connectivity index (χ2n) is 21.1. The lowest BCUT2D eigenvalue weighted by molar-refractivity contribution is -0.126. The van der Waals surface area contributed by atoms with E-state index >= 15 is 0 Å². The number of anilines is 1. The first-order chi connectivity index (χ1) is 35.2. The van der Waals surface area contributed by atoms with Crippen molar-refractivity contribution in [2.45, 2.75) is 137 Å². The van der Waals surface area contributed by atoms with Crippen molar-refractivity contribution < 1.29 is 33.4 Å². The first-order valence-corrected chi connectivity index (χ1v) is 26.5. The molecule has 0 saturated carbocycles. The Morgan fingerprint density at radius 3 is 2.45 bits per heavy atom. The number of allylic oxidation sites excluding steroid dienone is 5. The van der Waals surface area contributed by atoms with Crippen LogP contribution >= 0.6 is 0 Å². The van der Waals surface area contributed by atoms with Crippen molar-refractivity contribution in [2.75, 3.05) is 44.9 Å². The third-order valence-corrected chi connectivity index (χ3v) is 16.0. The molecule has 3 aliphatic heterocycles. The number of fused-ring (bicyclic) bond motifs is 3. The van der Waals surface area contributed by atoms with Crippen LogP contribution in [0, 0.1) is 32.6 Å². The lowest BCUT2D eigenvalue weighted by atomic mass is 9.84. The highest BCUT2D eigenvalue weighted by Gasteiger charge is 2.36. The monoisotopic (exact) mass is 989 g/mol. The van der Waals surface area contributed by atoms with Crippen LogP contribution in [0.4, 0.5) is 5.69 Å². The summed E-state index contributed by atoms with van der Waals surface area (Å²) in [6.45, 7) is 16.9. The number of hydrogen-bond acceptors (Lipinski definition) is 11. The summed E-state index contributed by atoms with van der Waals surface area (Å²) < 4.78 is 19.9. The van der Waals surface area contributed by atoms with E-state index in [1.807, 2.05) is 19.9 Å². The van der Waals surface area contributed by atoms with Crippen LogP contribution in [0.5, 0.6) is 5.75 Å². The second kappa shape index (κ2) is 22.3. The summed E-state index contributed by atoms with van der Waals surface area (Å²) >= 11 is 0. The Balaban J connectivity index is 0.748. The summed E-state index contributed by atoms with van der Waals surface area (Å²) in [7, 11) is 1.63. The number of ketones is 3. The number of nitrogens with zero attached hydrogens (tertiary/aromatic N) is 5. The molecule has 3 aromatic carbocycles. The zero-order chi connectivity index (χ0) is 51.5. The molecule has 4 atom stereocenters. The van der Waals surface area contributed by atoms with Gasteiger partial charge in [0, 0.05) is 85.9 Å². The molecule has 4 aromatic rings. The Hall–Kier alpha value is -6.47. The van der Waals surface area contributed by atoms with Crippen LogP contribution in [-0.2, 0) is 35.1 Å². The standard InChI is InChI=1S/C60H72N6O7/c1-9-48(67)34-73-54-32-46-28-42(30-53(71-8)55(46)39(6)58(54)69)27-45-31-47(15-12-36(45)3)65-23-19-44(20-24-65)60(70)61-22-18-41-21-25-72-50(29-41)17-16-49(68)33-51-59-64-63-40(7)66(59)52-26-37(4)38(5)56(52)57(62-51)43-13-10-35(2)11-14-43/h10-15,28,30-32,39,41,44,50-51H,9,16-27,29,33-34H2,1-8H3,(H,61,70). The van der Waals surface area contributed by atoms with Gasteiger partial charge in [-0.2, -0.15) is 0 Å². The molecule has 2 fully saturated rings. The molecule has 4 heterocycles. The zero-order valence-corrected chi connectivity index (χ0v) is 44.1. The van der Waals surface area contributed by atoms with Crippen LogP contribution < -0.4 is 15.0 Å². The molecule has 4 unspecified atom stereocenters. The molecule has 5 aliphatic rings. The predicted molar refractivity (Wildman–Crippen MR) is 285 cm³/mol. The molecule has 9 rings (SSSR count). The largest absolute Gasteiger partial charge is 0.496 e. The highest BCUT2D eigenvalue weighted by Crippen LogP contribution is 2.43. The van der Waals surface area contributed by atoms with Gasteiger partial charge in [0.2, 0.25) is 11.7 Å². The maximum Gasteiger partial charge on any atom is 0.223 e. The van der Waals surface area contributed by atoms with E-state index in [1.54, 1.807) is 20.1 Å². The third kappa shape index (κ3) is 11.2. The number of aromatic nitrogens is 3. The van der Waals surface area contributed by atoms with Gasteiger partial charge in [-0.25, -0.2) is 0 Å². The average Bonchev–Trinajstić information content (AvgIpc) is 3.87. The van der Waals surface area contributed by atoms with Crippen molar-refractivity contribution in [3.05, 3.63) is 128 Å². The number of amides is 1. The van der Waals surface area contributed by atoms with Crippen LogP contribution in [0.25, 0.3) is 11.8 Å². The minimum atomic E-state index is -0.457. The van der Waals surface area contributed by atoms with E-state index in [9.17, 15) is 19.2 Å². The molecule has 0 spiro atoms. The molecule has 1 N–H and O–H groups in total. The Morgan fingerprint density at radius 2 is 1.70 bits per heavy atom. The van der Waals surface area contributed by atoms with Crippen LogP contribution in [0.1, 0.15) is 154 Å². The number of rotatable bonds is 18. The molecule has 13 nitrogen and oxygen atoms in total. The number of piperidine rings is 1. The maximum absolute atomic E-state index is 13.8. The van der Waals surface area contributed by atoms with Crippen molar-refractivity contribution in [1.82, 2.24) is 20.1 Å². The topological polar surface area (TPSA) is 154 Å². The van der Waals surface area contributed by atoms with Crippen molar-refractivity contribution in [1.29, 1.82) is 0 Å². The number of aryl methyl sites for hydroxylation is 3. The summed E-state index contributed by atoms with van der Waals surface area (Å²) in [6.07, 6.45) is 9.18. The summed E-state index contributed by atoms with van der Waals surface area (Å²) in [5, 5.41) is 12.4. The van der Waals surface area contributed by atoms with E-state index in [0.29, 0.717) is 50.5 Å². The summed E-state index contributed by atoms with van der Waals surface area (Å²) in [6, 6.07) is 18.8. The molecule has 1 amide bonds. The fourth-order valence-electron chi connectivity index (χ4n) is 11.4. The molecular formula is C60H72N6O7. The van der Waals surface area contributed by atoms with Gasteiger partial charge in [0.1, 0.15) is 30.0 Å². The fourth-order valence-corrected chi connectivity index (χ4v) is 11.4. The van der Waals surface area contributed by atoms with Gasteiger partial charge in [-0.3, -0.25) is 28.7 Å². The van der Waals surface area contributed by atoms with E-state index in [1.165, 1.54) is 27.8 Å².